The summed E-state index contributed by atoms with van der Waals surface area (Å²) in [6, 6.07) is 16.8. The van der Waals surface area contributed by atoms with E-state index in [9.17, 15) is 0 Å². The first-order chi connectivity index (χ1) is 9.70. The van der Waals surface area contributed by atoms with Crippen molar-refractivity contribution in [3.8, 4) is 11.4 Å². The molecule has 0 bridgehead atoms. The van der Waals surface area contributed by atoms with Crippen LogP contribution in [0.1, 0.15) is 6.92 Å². The first-order valence-electron chi connectivity index (χ1n) is 6.93. The number of imidazole rings is 1. The van der Waals surface area contributed by atoms with Crippen LogP contribution in [0.5, 0.6) is 0 Å². The van der Waals surface area contributed by atoms with E-state index in [1.165, 1.54) is 11.2 Å². The number of rotatable bonds is 3. The van der Waals surface area contributed by atoms with Crippen LogP contribution in [0, 0.1) is 0 Å². The highest BCUT2D eigenvalue weighted by Gasteiger charge is 2.10. The van der Waals surface area contributed by atoms with E-state index in [4.69, 9.17) is 4.98 Å². The molecule has 0 atom stereocenters. The predicted octanol–water partition coefficient (Wildman–Crippen LogP) is 3.79. The molecule has 3 aromatic rings. The van der Waals surface area contributed by atoms with Crippen LogP contribution in [0.15, 0.2) is 48.5 Å². The highest BCUT2D eigenvalue weighted by Crippen LogP contribution is 2.26. The monoisotopic (exact) mass is 265 g/mol. The fourth-order valence-electron chi connectivity index (χ4n) is 2.52. The lowest BCUT2D eigenvalue weighted by Crippen LogP contribution is -2.08. The molecule has 0 fully saturated rings. The van der Waals surface area contributed by atoms with E-state index in [0.717, 1.165) is 23.4 Å². The summed E-state index contributed by atoms with van der Waals surface area (Å²) in [5.74, 6) is 1.04. The van der Waals surface area contributed by atoms with Crippen LogP contribution in [0.3, 0.4) is 0 Å². The predicted molar refractivity (Wildman–Crippen MR) is 85.2 cm³/mol. The molecule has 3 nitrogen and oxygen atoms in total. The molecular weight excluding hydrogens is 246 g/mol. The Balaban J connectivity index is 2.13. The summed E-state index contributed by atoms with van der Waals surface area (Å²) < 4.78 is 2.26. The SMILES string of the molecule is CCn1c(-c2ccc(N(C)C)cc2)nc2ccccc21. The number of aryl methyl sites for hydroxylation is 1. The second-order valence-electron chi connectivity index (χ2n) is 5.11. The van der Waals surface area contributed by atoms with Gasteiger partial charge in [-0.2, -0.15) is 0 Å². The number of para-hydroxylation sites is 2. The van der Waals surface area contributed by atoms with Gasteiger partial charge in [0, 0.05) is 31.9 Å². The number of aromatic nitrogens is 2. The minimum atomic E-state index is 0.922. The summed E-state index contributed by atoms with van der Waals surface area (Å²) in [5.41, 5.74) is 4.62. The van der Waals surface area contributed by atoms with E-state index >= 15 is 0 Å². The van der Waals surface area contributed by atoms with Gasteiger partial charge in [-0.3, -0.25) is 0 Å². The van der Waals surface area contributed by atoms with Crippen LogP contribution in [0.4, 0.5) is 5.69 Å². The standard InChI is InChI=1S/C17H19N3/c1-4-20-16-8-6-5-7-15(16)18-17(20)13-9-11-14(12-10-13)19(2)3/h5-12H,4H2,1-3H3. The number of benzene rings is 2. The summed E-state index contributed by atoms with van der Waals surface area (Å²) >= 11 is 0. The largest absolute Gasteiger partial charge is 0.378 e. The van der Waals surface area contributed by atoms with Gasteiger partial charge in [-0.1, -0.05) is 12.1 Å². The lowest BCUT2D eigenvalue weighted by atomic mass is 10.2. The van der Waals surface area contributed by atoms with Crippen LogP contribution in [-0.4, -0.2) is 23.6 Å². The zero-order valence-corrected chi connectivity index (χ0v) is 12.2. The Hall–Kier alpha value is -2.29. The van der Waals surface area contributed by atoms with E-state index in [0.29, 0.717) is 0 Å². The third-order valence-electron chi connectivity index (χ3n) is 3.61. The molecule has 3 rings (SSSR count). The average Bonchev–Trinajstić information content (AvgIpc) is 2.85. The van der Waals surface area contributed by atoms with Crippen molar-refractivity contribution in [1.29, 1.82) is 0 Å². The molecule has 0 radical (unpaired) electrons. The summed E-state index contributed by atoms with van der Waals surface area (Å²) in [4.78, 5) is 6.88. The molecule has 0 saturated carbocycles. The van der Waals surface area contributed by atoms with Gasteiger partial charge in [-0.05, 0) is 43.3 Å². The first kappa shape index (κ1) is 12.7. The van der Waals surface area contributed by atoms with Crippen molar-refractivity contribution in [3.05, 3.63) is 48.5 Å². The maximum atomic E-state index is 4.78. The summed E-state index contributed by atoms with van der Waals surface area (Å²) in [5, 5.41) is 0. The molecule has 1 aromatic heterocycles. The molecule has 0 unspecified atom stereocenters. The highest BCUT2D eigenvalue weighted by molar-refractivity contribution is 5.80. The zero-order valence-electron chi connectivity index (χ0n) is 12.2. The summed E-state index contributed by atoms with van der Waals surface area (Å²) in [6.45, 7) is 3.08. The average molecular weight is 265 g/mol. The van der Waals surface area contributed by atoms with E-state index < -0.39 is 0 Å². The first-order valence-corrected chi connectivity index (χ1v) is 6.93. The second kappa shape index (κ2) is 5.00. The molecule has 3 heteroatoms. The van der Waals surface area contributed by atoms with Gasteiger partial charge in [0.2, 0.25) is 0 Å². The Kier molecular flexibility index (Phi) is 3.18. The third kappa shape index (κ3) is 2.05. The van der Waals surface area contributed by atoms with E-state index in [-0.39, 0.29) is 0 Å². The third-order valence-corrected chi connectivity index (χ3v) is 3.61. The quantitative estimate of drug-likeness (QED) is 0.718. The topological polar surface area (TPSA) is 21.1 Å². The lowest BCUT2D eigenvalue weighted by Gasteiger charge is -2.13. The van der Waals surface area contributed by atoms with Crippen LogP contribution < -0.4 is 4.90 Å². The van der Waals surface area contributed by atoms with Crippen molar-refractivity contribution in [2.75, 3.05) is 19.0 Å². The molecule has 0 aliphatic heterocycles. The van der Waals surface area contributed by atoms with Crippen molar-refractivity contribution in [1.82, 2.24) is 9.55 Å². The van der Waals surface area contributed by atoms with Gasteiger partial charge in [0.05, 0.1) is 11.0 Å². The Bertz CT molecular complexity index is 724. The fraction of sp³-hybridized carbons (Fsp3) is 0.235. The zero-order chi connectivity index (χ0) is 14.1. The molecule has 20 heavy (non-hydrogen) atoms. The maximum absolute atomic E-state index is 4.78. The van der Waals surface area contributed by atoms with Gasteiger partial charge in [0.25, 0.3) is 0 Å². The van der Waals surface area contributed by atoms with E-state index in [1.807, 2.05) is 6.07 Å². The Morgan fingerprint density at radius 1 is 1.00 bits per heavy atom. The molecule has 0 saturated heterocycles. The van der Waals surface area contributed by atoms with Crippen molar-refractivity contribution in [2.45, 2.75) is 13.5 Å². The van der Waals surface area contributed by atoms with Crippen molar-refractivity contribution in [3.63, 3.8) is 0 Å². The molecule has 0 N–H and O–H groups in total. The maximum Gasteiger partial charge on any atom is 0.141 e. The minimum absolute atomic E-state index is 0.922. The molecule has 0 spiro atoms. The highest BCUT2D eigenvalue weighted by atomic mass is 15.1. The van der Waals surface area contributed by atoms with Gasteiger partial charge >= 0.3 is 0 Å². The van der Waals surface area contributed by atoms with Crippen LogP contribution in [0.2, 0.25) is 0 Å². The fourth-order valence-corrected chi connectivity index (χ4v) is 2.52. The van der Waals surface area contributed by atoms with Gasteiger partial charge in [0.15, 0.2) is 0 Å². The molecule has 0 amide bonds. The summed E-state index contributed by atoms with van der Waals surface area (Å²) in [7, 11) is 4.10. The number of hydrogen-bond acceptors (Lipinski definition) is 2. The number of hydrogen-bond donors (Lipinski definition) is 0. The van der Waals surface area contributed by atoms with E-state index in [2.05, 4.69) is 73.0 Å². The van der Waals surface area contributed by atoms with Crippen LogP contribution >= 0.6 is 0 Å². The lowest BCUT2D eigenvalue weighted by molar-refractivity contribution is 0.796. The number of nitrogens with zero attached hydrogens (tertiary/aromatic N) is 3. The second-order valence-corrected chi connectivity index (χ2v) is 5.11. The van der Waals surface area contributed by atoms with E-state index in [1.54, 1.807) is 0 Å². The van der Waals surface area contributed by atoms with Crippen molar-refractivity contribution < 1.29 is 0 Å². The normalized spacial score (nSPS) is 10.9. The number of anilines is 1. The molecule has 0 aliphatic rings. The molecule has 1 heterocycles. The minimum Gasteiger partial charge on any atom is -0.378 e. The molecule has 0 aliphatic carbocycles. The number of fused-ring (bicyclic) bond motifs is 1. The van der Waals surface area contributed by atoms with Crippen molar-refractivity contribution in [2.24, 2.45) is 0 Å². The van der Waals surface area contributed by atoms with Gasteiger partial charge in [0.1, 0.15) is 5.82 Å². The van der Waals surface area contributed by atoms with Crippen molar-refractivity contribution >= 4 is 16.7 Å². The molecular formula is C17H19N3. The Morgan fingerprint density at radius 2 is 1.70 bits per heavy atom. The van der Waals surface area contributed by atoms with Gasteiger partial charge in [-0.15, -0.1) is 0 Å². The smallest absolute Gasteiger partial charge is 0.141 e. The summed E-state index contributed by atoms with van der Waals surface area (Å²) in [6.07, 6.45) is 0. The Morgan fingerprint density at radius 3 is 2.35 bits per heavy atom. The molecule has 2 aromatic carbocycles. The Labute approximate surface area is 119 Å². The van der Waals surface area contributed by atoms with Crippen LogP contribution in [-0.2, 0) is 6.54 Å². The van der Waals surface area contributed by atoms with Gasteiger partial charge in [-0.25, -0.2) is 4.98 Å². The van der Waals surface area contributed by atoms with Crippen LogP contribution in [0.25, 0.3) is 22.4 Å². The van der Waals surface area contributed by atoms with Gasteiger partial charge < -0.3 is 9.47 Å². The molecule has 102 valence electrons.